The van der Waals surface area contributed by atoms with Crippen molar-refractivity contribution in [3.8, 4) is 22.9 Å². The molecule has 322 valence electrons. The summed E-state index contributed by atoms with van der Waals surface area (Å²) in [7, 11) is -2.86. The molecule has 2 aromatic carbocycles. The molecule has 4 aromatic rings. The topological polar surface area (TPSA) is 143 Å². The number of carbonyl (C=O) groups is 2. The van der Waals surface area contributed by atoms with Gasteiger partial charge in [0.15, 0.2) is 10.9 Å². The molecule has 1 saturated heterocycles. The molecule has 6 rings (SSSR count). The average molecular weight is 864 g/mol. The zero-order valence-electron chi connectivity index (χ0n) is 35.6. The second-order valence-electron chi connectivity index (χ2n) is 17.4. The number of nitrogens with one attached hydrogen (secondary N) is 1. The van der Waals surface area contributed by atoms with Crippen molar-refractivity contribution in [2.24, 2.45) is 22.2 Å². The molecule has 1 unspecified atom stereocenters. The monoisotopic (exact) mass is 863 g/mol. The Morgan fingerprint density at radius 2 is 1.88 bits per heavy atom. The van der Waals surface area contributed by atoms with E-state index in [2.05, 4.69) is 16.9 Å². The van der Waals surface area contributed by atoms with Crippen LogP contribution in [-0.4, -0.2) is 80.7 Å². The number of methoxy groups -OCH3 is 1. The van der Waals surface area contributed by atoms with Crippen LogP contribution in [0, 0.1) is 28.9 Å². The van der Waals surface area contributed by atoms with Gasteiger partial charge in [-0.25, -0.2) is 18.7 Å². The SMILES string of the molecule is C=C[C@@H]1C[C@]1(CC(=O)[C@@H]1C[C@@H](Oc2cc(-c3csc(NC(C)C)n3)nc3cc(OC)ccc23)CN1C(=O)[C@@H](CC(C)=NCC)C(C)(C)C)P(=O)(O)Cc1c(F)cccc1F. The number of pyridine rings is 1. The number of rotatable bonds is 17. The van der Waals surface area contributed by atoms with Crippen LogP contribution in [0.4, 0.5) is 13.9 Å². The highest BCUT2D eigenvalue weighted by Gasteiger charge is 2.65. The van der Waals surface area contributed by atoms with Crippen LogP contribution in [0.15, 0.2) is 65.5 Å². The number of hydrogen-bond donors (Lipinski definition) is 2. The van der Waals surface area contributed by atoms with E-state index in [4.69, 9.17) is 19.4 Å². The van der Waals surface area contributed by atoms with Crippen molar-refractivity contribution in [3.05, 3.63) is 77.7 Å². The van der Waals surface area contributed by atoms with Crippen LogP contribution < -0.4 is 14.8 Å². The molecule has 3 heterocycles. The van der Waals surface area contributed by atoms with Crippen LogP contribution >= 0.6 is 18.7 Å². The van der Waals surface area contributed by atoms with E-state index in [-0.39, 0.29) is 37.8 Å². The number of fused-ring (bicyclic) bond motifs is 1. The minimum absolute atomic E-state index is 0.0648. The number of thiazole rings is 1. The second kappa shape index (κ2) is 17.8. The molecule has 2 aromatic heterocycles. The summed E-state index contributed by atoms with van der Waals surface area (Å²) in [6.07, 6.45) is 0.318. The molecule has 6 atom stereocenters. The van der Waals surface area contributed by atoms with Gasteiger partial charge in [0.1, 0.15) is 34.9 Å². The normalized spacial score (nSPS) is 22.1. The molecule has 15 heteroatoms. The summed E-state index contributed by atoms with van der Waals surface area (Å²) >= 11 is 1.46. The first kappa shape index (κ1) is 45.0. The molecule has 2 fully saturated rings. The summed E-state index contributed by atoms with van der Waals surface area (Å²) in [6, 6.07) is 9.71. The van der Waals surface area contributed by atoms with Gasteiger partial charge in [0.05, 0.1) is 42.2 Å². The highest BCUT2D eigenvalue weighted by Crippen LogP contribution is 2.74. The van der Waals surface area contributed by atoms with E-state index in [0.29, 0.717) is 46.8 Å². The van der Waals surface area contributed by atoms with Crippen LogP contribution in [-0.2, 0) is 20.3 Å². The summed E-state index contributed by atoms with van der Waals surface area (Å²) in [5.41, 5.74) is 1.60. The van der Waals surface area contributed by atoms with Gasteiger partial charge in [-0.05, 0) is 76.1 Å². The summed E-state index contributed by atoms with van der Waals surface area (Å²) in [5.74, 6) is -2.56. The van der Waals surface area contributed by atoms with Gasteiger partial charge in [-0.1, -0.05) is 32.9 Å². The number of Topliss-reactive ketones (excluding diaryl/α,β-unsaturated/α-hetero) is 1. The number of anilines is 1. The van der Waals surface area contributed by atoms with Crippen LogP contribution in [0.1, 0.15) is 79.7 Å². The van der Waals surface area contributed by atoms with Crippen molar-refractivity contribution in [1.29, 1.82) is 0 Å². The number of benzene rings is 2. The lowest BCUT2D eigenvalue weighted by molar-refractivity contribution is -0.143. The van der Waals surface area contributed by atoms with Gasteiger partial charge < -0.3 is 24.6 Å². The number of aliphatic imine (C=N–C) groups is 1. The van der Waals surface area contributed by atoms with Crippen molar-refractivity contribution in [2.45, 2.75) is 104 Å². The maximum absolute atomic E-state index is 14.9. The zero-order valence-corrected chi connectivity index (χ0v) is 37.3. The maximum atomic E-state index is 14.9. The van der Waals surface area contributed by atoms with Gasteiger partial charge >= 0.3 is 0 Å². The van der Waals surface area contributed by atoms with Gasteiger partial charge in [0.2, 0.25) is 13.3 Å². The molecule has 0 spiro atoms. The molecule has 11 nitrogen and oxygen atoms in total. The molecule has 2 N–H and O–H groups in total. The standard InChI is InChI=1S/C45H56F2N5O6PS/c1-10-28-21-45(28,59(55,56)24-32-34(46)13-12-14-35(32)47)22-40(53)39-19-30(23-52(39)42(54)33(44(6,7)8)17-27(5)48-11-2)58-41-20-37(38-25-60-43(51-38)49-26(3)4)50-36-18-29(57-9)15-16-31(36)41/h10,12-16,18,20,25-26,28,30,33,39H,1,11,17,19,21-24H2,2-9H3,(H,49,51)(H,55,56)/t28-,30-,33-,39+,45-/m1/s1. The van der Waals surface area contributed by atoms with Gasteiger partial charge in [-0.3, -0.25) is 19.1 Å². The molecule has 0 radical (unpaired) electrons. The fraction of sp³-hybridized carbons (Fsp3) is 0.489. The minimum Gasteiger partial charge on any atom is -0.497 e. The predicted octanol–water partition coefficient (Wildman–Crippen LogP) is 9.72. The summed E-state index contributed by atoms with van der Waals surface area (Å²) < 4.78 is 56.2. The van der Waals surface area contributed by atoms with E-state index < -0.39 is 71.1 Å². The lowest BCUT2D eigenvalue weighted by atomic mass is 9.76. The first-order chi connectivity index (χ1) is 28.3. The summed E-state index contributed by atoms with van der Waals surface area (Å²) in [6.45, 7) is 18.3. The number of amides is 1. The molecule has 1 aliphatic heterocycles. The Morgan fingerprint density at radius 1 is 1.17 bits per heavy atom. The Balaban J connectivity index is 1.37. The molecule has 0 bridgehead atoms. The van der Waals surface area contributed by atoms with Crippen molar-refractivity contribution < 1.29 is 37.3 Å². The summed E-state index contributed by atoms with van der Waals surface area (Å²) in [5, 5.41) is 5.18. The Hall–Kier alpha value is -4.52. The van der Waals surface area contributed by atoms with E-state index in [1.165, 1.54) is 23.5 Å². The number of ketones is 1. The number of nitrogens with zero attached hydrogens (tertiary/aromatic N) is 4. The molecular formula is C45H56F2N5O6PS. The van der Waals surface area contributed by atoms with Crippen molar-refractivity contribution in [2.75, 3.05) is 25.5 Å². The Bertz CT molecular complexity index is 2330. The molecule has 60 heavy (non-hydrogen) atoms. The summed E-state index contributed by atoms with van der Waals surface area (Å²) in [4.78, 5) is 57.1. The lowest BCUT2D eigenvalue weighted by Gasteiger charge is -2.35. The lowest BCUT2D eigenvalue weighted by Crippen LogP contribution is -2.48. The third kappa shape index (κ3) is 9.51. The molecular weight excluding hydrogens is 808 g/mol. The van der Waals surface area contributed by atoms with E-state index >= 15 is 0 Å². The third-order valence-corrected chi connectivity index (χ3v) is 15.2. The van der Waals surface area contributed by atoms with Crippen LogP contribution in [0.3, 0.4) is 0 Å². The first-order valence-electron chi connectivity index (χ1n) is 20.4. The highest BCUT2D eigenvalue weighted by molar-refractivity contribution is 7.59. The van der Waals surface area contributed by atoms with Gasteiger partial charge in [0, 0.05) is 65.5 Å². The number of allylic oxidation sites excluding steroid dienone is 1. The maximum Gasteiger partial charge on any atom is 0.227 e. The van der Waals surface area contributed by atoms with E-state index in [1.807, 2.05) is 72.0 Å². The fourth-order valence-corrected chi connectivity index (χ4v) is 11.7. The largest absolute Gasteiger partial charge is 0.497 e. The number of hydrogen-bond acceptors (Lipinski definition) is 10. The number of aromatic nitrogens is 2. The van der Waals surface area contributed by atoms with Gasteiger partial charge in [0.25, 0.3) is 0 Å². The average Bonchev–Trinajstić information content (AvgIpc) is 3.46. The second-order valence-corrected chi connectivity index (χ2v) is 20.9. The first-order valence-corrected chi connectivity index (χ1v) is 23.1. The minimum atomic E-state index is -4.44. The fourth-order valence-electron chi connectivity index (χ4n) is 8.27. The molecule has 2 aliphatic rings. The van der Waals surface area contributed by atoms with Gasteiger partial charge in [-0.2, -0.15) is 0 Å². The number of carbonyl (C=O) groups excluding carboxylic acids is 2. The zero-order chi connectivity index (χ0) is 43.7. The van der Waals surface area contributed by atoms with E-state index in [0.717, 1.165) is 23.0 Å². The Kier molecular flexibility index (Phi) is 13.4. The number of likely N-dealkylation sites (tertiary alicyclic amines) is 1. The number of ether oxygens (including phenoxy) is 2. The van der Waals surface area contributed by atoms with E-state index in [9.17, 15) is 27.8 Å². The molecule has 1 saturated carbocycles. The Morgan fingerprint density at radius 3 is 2.50 bits per heavy atom. The molecule has 1 aliphatic carbocycles. The van der Waals surface area contributed by atoms with Crippen molar-refractivity contribution in [3.63, 3.8) is 0 Å². The number of halogens is 2. The Labute approximate surface area is 355 Å². The van der Waals surface area contributed by atoms with Gasteiger partial charge in [-0.15, -0.1) is 17.9 Å². The van der Waals surface area contributed by atoms with Crippen LogP contribution in [0.2, 0.25) is 0 Å². The van der Waals surface area contributed by atoms with Crippen LogP contribution in [0.25, 0.3) is 22.3 Å². The van der Waals surface area contributed by atoms with Crippen molar-refractivity contribution >= 4 is 52.1 Å². The van der Waals surface area contributed by atoms with E-state index in [1.54, 1.807) is 18.1 Å². The van der Waals surface area contributed by atoms with Crippen molar-refractivity contribution in [1.82, 2.24) is 14.9 Å². The highest BCUT2D eigenvalue weighted by atomic mass is 32.1. The third-order valence-electron chi connectivity index (χ3n) is 11.6. The smallest absolute Gasteiger partial charge is 0.227 e. The predicted molar refractivity (Wildman–Crippen MR) is 234 cm³/mol. The quantitative estimate of drug-likeness (QED) is 0.0603. The molecule has 1 amide bonds. The van der Waals surface area contributed by atoms with Crippen LogP contribution in [0.5, 0.6) is 11.5 Å².